The van der Waals surface area contributed by atoms with E-state index in [9.17, 15) is 19.7 Å². The first-order valence-corrected chi connectivity index (χ1v) is 12.0. The van der Waals surface area contributed by atoms with Crippen molar-refractivity contribution in [2.45, 2.75) is 25.7 Å². The van der Waals surface area contributed by atoms with Crippen molar-refractivity contribution in [1.82, 2.24) is 9.44 Å². The zero-order valence-electron chi connectivity index (χ0n) is 18.7. The van der Waals surface area contributed by atoms with Crippen molar-refractivity contribution in [1.29, 1.82) is 0 Å². The van der Waals surface area contributed by atoms with Gasteiger partial charge in [0.2, 0.25) is 0 Å². The molecule has 0 heterocycles. The molecule has 0 radical (unpaired) electrons. The molecule has 0 spiro atoms. The lowest BCUT2D eigenvalue weighted by Gasteiger charge is -2.08. The number of non-ortho nitro benzene ring substituents is 1. The zero-order chi connectivity index (χ0) is 24.2. The number of fused-ring (bicyclic) bond motifs is 1. The SMILES string of the molecule is O=C(NSNCCOCCOC(=O)Oc1ccc([N+](=O)[O-])cc1)OCC1[C@H]2CC/C=C\CC[C@@H]12. The van der Waals surface area contributed by atoms with Crippen LogP contribution in [0.15, 0.2) is 36.4 Å². The molecule has 2 aliphatic rings. The van der Waals surface area contributed by atoms with Crippen LogP contribution in [0.1, 0.15) is 25.7 Å². The van der Waals surface area contributed by atoms with E-state index < -0.39 is 17.2 Å². The minimum atomic E-state index is -0.929. The second-order valence-corrected chi connectivity index (χ2v) is 8.58. The molecule has 1 amide bonds. The smallest absolute Gasteiger partial charge is 0.449 e. The van der Waals surface area contributed by atoms with Crippen molar-refractivity contribution in [3.8, 4) is 5.75 Å². The Hall–Kier alpha value is -2.83. The number of rotatable bonds is 12. The van der Waals surface area contributed by atoms with Gasteiger partial charge in [0.25, 0.3) is 5.69 Å². The highest BCUT2D eigenvalue weighted by atomic mass is 32.2. The van der Waals surface area contributed by atoms with Crippen LogP contribution in [-0.4, -0.2) is 50.1 Å². The summed E-state index contributed by atoms with van der Waals surface area (Å²) in [5, 5.41) is 10.6. The van der Waals surface area contributed by atoms with Crippen LogP contribution < -0.4 is 14.2 Å². The molecule has 0 aliphatic heterocycles. The molecule has 0 saturated heterocycles. The number of carbonyl (C=O) groups excluding carboxylic acids is 2. The van der Waals surface area contributed by atoms with Gasteiger partial charge in [0.15, 0.2) is 0 Å². The van der Waals surface area contributed by atoms with Gasteiger partial charge in [0.05, 0.1) is 24.7 Å². The minimum Gasteiger partial charge on any atom is -0.449 e. The number of nitro benzene ring substituents is 1. The fraction of sp³-hybridized carbons (Fsp3) is 0.545. The number of nitrogens with one attached hydrogen (secondary N) is 2. The van der Waals surface area contributed by atoms with Crippen molar-refractivity contribution in [3.63, 3.8) is 0 Å². The largest absolute Gasteiger partial charge is 0.513 e. The second-order valence-electron chi connectivity index (χ2n) is 7.88. The van der Waals surface area contributed by atoms with E-state index >= 15 is 0 Å². The lowest BCUT2D eigenvalue weighted by Crippen LogP contribution is -2.25. The topological polar surface area (TPSA) is 138 Å². The Morgan fingerprint density at radius 3 is 2.41 bits per heavy atom. The van der Waals surface area contributed by atoms with E-state index in [1.54, 1.807) is 0 Å². The minimum absolute atomic E-state index is 0.0112. The molecule has 1 unspecified atom stereocenters. The van der Waals surface area contributed by atoms with E-state index in [4.69, 9.17) is 18.9 Å². The van der Waals surface area contributed by atoms with Crippen molar-refractivity contribution in [2.24, 2.45) is 17.8 Å². The number of nitrogens with zero attached hydrogens (tertiary/aromatic N) is 1. The van der Waals surface area contributed by atoms with E-state index in [0.717, 1.165) is 25.0 Å². The Morgan fingerprint density at radius 1 is 1.03 bits per heavy atom. The second kappa shape index (κ2) is 13.8. The van der Waals surface area contributed by atoms with Gasteiger partial charge in [-0.1, -0.05) is 12.2 Å². The first kappa shape index (κ1) is 25.8. The van der Waals surface area contributed by atoms with Gasteiger partial charge in [-0.15, -0.1) is 0 Å². The molecule has 0 bridgehead atoms. The van der Waals surface area contributed by atoms with Gasteiger partial charge in [-0.25, -0.2) is 14.3 Å². The summed E-state index contributed by atoms with van der Waals surface area (Å²) in [5.41, 5.74) is -0.104. The molecule has 1 aromatic rings. The molecular weight excluding hydrogens is 466 g/mol. The Balaban J connectivity index is 1.12. The standard InChI is InChI=1S/C22H29N3O8S/c26-21(32-15-20-18-5-3-1-2-4-6-19(18)20)24-34-23-11-12-30-13-14-31-22(27)33-17-9-7-16(8-10-17)25(28)29/h1-2,7-10,18-20,23H,3-6,11-15H2,(H,24,26)/b2-1-/t18-,19+,20?. The molecule has 2 aliphatic carbocycles. The molecule has 11 nitrogen and oxygen atoms in total. The summed E-state index contributed by atoms with van der Waals surface area (Å²) in [5.74, 6) is 2.01. The number of nitro groups is 1. The molecule has 3 atom stereocenters. The third-order valence-electron chi connectivity index (χ3n) is 5.67. The van der Waals surface area contributed by atoms with Crippen LogP contribution in [0.5, 0.6) is 5.75 Å². The maximum absolute atomic E-state index is 11.8. The average molecular weight is 496 g/mol. The Morgan fingerprint density at radius 2 is 1.74 bits per heavy atom. The Kier molecular flexibility index (Phi) is 10.4. The lowest BCUT2D eigenvalue weighted by atomic mass is 10.1. The predicted molar refractivity (Wildman–Crippen MR) is 124 cm³/mol. The third kappa shape index (κ3) is 8.84. The van der Waals surface area contributed by atoms with Gasteiger partial charge >= 0.3 is 12.2 Å². The Bertz CT molecular complexity index is 835. The summed E-state index contributed by atoms with van der Waals surface area (Å²) >= 11 is 1.03. The van der Waals surface area contributed by atoms with Crippen LogP contribution in [-0.2, 0) is 14.2 Å². The van der Waals surface area contributed by atoms with Crippen molar-refractivity contribution >= 4 is 30.1 Å². The molecule has 1 fully saturated rings. The molecular formula is C22H29N3O8S. The van der Waals surface area contributed by atoms with E-state index in [0.29, 0.717) is 37.5 Å². The summed E-state index contributed by atoms with van der Waals surface area (Å²) in [6.07, 6.45) is 7.69. The summed E-state index contributed by atoms with van der Waals surface area (Å²) in [6.45, 7) is 1.42. The monoisotopic (exact) mass is 495 g/mol. The highest BCUT2D eigenvalue weighted by Crippen LogP contribution is 2.52. The van der Waals surface area contributed by atoms with Crippen molar-refractivity contribution in [2.75, 3.05) is 33.0 Å². The van der Waals surface area contributed by atoms with E-state index in [1.807, 2.05) is 0 Å². The normalized spacial score (nSPS) is 21.8. The van der Waals surface area contributed by atoms with Crippen molar-refractivity contribution in [3.05, 3.63) is 46.5 Å². The first-order valence-electron chi connectivity index (χ1n) is 11.2. The van der Waals surface area contributed by atoms with E-state index in [2.05, 4.69) is 21.6 Å². The van der Waals surface area contributed by atoms with Gasteiger partial charge in [0.1, 0.15) is 12.4 Å². The fourth-order valence-electron chi connectivity index (χ4n) is 3.93. The molecule has 1 aromatic carbocycles. The van der Waals surface area contributed by atoms with Crippen LogP contribution in [0.2, 0.25) is 0 Å². The van der Waals surface area contributed by atoms with Gasteiger partial charge in [-0.2, -0.15) is 0 Å². The number of benzene rings is 1. The van der Waals surface area contributed by atoms with Gasteiger partial charge in [-0.05, 0) is 55.6 Å². The van der Waals surface area contributed by atoms with Gasteiger partial charge < -0.3 is 18.9 Å². The highest BCUT2D eigenvalue weighted by Gasteiger charge is 2.49. The summed E-state index contributed by atoms with van der Waals surface area (Å²) < 4.78 is 25.9. The molecule has 0 aromatic heterocycles. The maximum atomic E-state index is 11.8. The van der Waals surface area contributed by atoms with Crippen LogP contribution in [0.25, 0.3) is 0 Å². The maximum Gasteiger partial charge on any atom is 0.513 e. The lowest BCUT2D eigenvalue weighted by molar-refractivity contribution is -0.384. The number of carbonyl (C=O) groups is 2. The number of hydrogen-bond donors (Lipinski definition) is 2. The number of amides is 1. The van der Waals surface area contributed by atoms with Crippen LogP contribution in [0, 0.1) is 27.9 Å². The van der Waals surface area contributed by atoms with Gasteiger partial charge in [0, 0.05) is 30.8 Å². The molecule has 3 rings (SSSR count). The predicted octanol–water partition coefficient (Wildman–Crippen LogP) is 4.00. The number of allylic oxidation sites excluding steroid dienone is 2. The molecule has 1 saturated carbocycles. The molecule has 186 valence electrons. The van der Waals surface area contributed by atoms with Crippen LogP contribution in [0.4, 0.5) is 15.3 Å². The average Bonchev–Trinajstić information content (AvgIpc) is 3.45. The molecule has 34 heavy (non-hydrogen) atoms. The first-order chi connectivity index (χ1) is 16.5. The van der Waals surface area contributed by atoms with Crippen LogP contribution >= 0.6 is 12.1 Å². The number of ether oxygens (including phenoxy) is 4. The third-order valence-corrected chi connectivity index (χ3v) is 6.28. The summed E-state index contributed by atoms with van der Waals surface area (Å²) in [4.78, 5) is 33.4. The summed E-state index contributed by atoms with van der Waals surface area (Å²) in [6, 6.07) is 5.07. The molecule has 12 heteroatoms. The van der Waals surface area contributed by atoms with E-state index in [-0.39, 0.29) is 24.7 Å². The number of hydrogen-bond acceptors (Lipinski definition) is 10. The molecule has 2 N–H and O–H groups in total. The van der Waals surface area contributed by atoms with Crippen molar-refractivity contribution < 1.29 is 33.5 Å². The van der Waals surface area contributed by atoms with Crippen LogP contribution in [0.3, 0.4) is 0 Å². The highest BCUT2D eigenvalue weighted by molar-refractivity contribution is 7.96. The zero-order valence-corrected chi connectivity index (χ0v) is 19.5. The Labute approximate surface area is 201 Å². The quantitative estimate of drug-likeness (QED) is 0.0832. The van der Waals surface area contributed by atoms with E-state index in [1.165, 1.54) is 37.1 Å². The summed E-state index contributed by atoms with van der Waals surface area (Å²) in [7, 11) is 0. The fourth-order valence-corrected chi connectivity index (χ4v) is 4.33. The van der Waals surface area contributed by atoms with Gasteiger partial charge in [-0.3, -0.25) is 14.8 Å².